The van der Waals surface area contributed by atoms with Crippen molar-refractivity contribution >= 4 is 12.2 Å². The molecule has 128 valence electrons. The van der Waals surface area contributed by atoms with Gasteiger partial charge in [0.25, 0.3) is 0 Å². The quantitative estimate of drug-likeness (QED) is 0.404. The van der Waals surface area contributed by atoms with Gasteiger partial charge in [0, 0.05) is 12.4 Å². The van der Waals surface area contributed by atoms with Crippen molar-refractivity contribution < 1.29 is 8.91 Å². The monoisotopic (exact) mass is 342 g/mol. The second-order valence-corrected chi connectivity index (χ2v) is 5.12. The van der Waals surface area contributed by atoms with Crippen LogP contribution in [0.2, 0.25) is 0 Å². The molecule has 0 atom stereocenters. The molecular formula is C15H15FN8O. The molecule has 4 N–H and O–H groups in total. The summed E-state index contributed by atoms with van der Waals surface area (Å²) in [7, 11) is 0. The van der Waals surface area contributed by atoms with Crippen molar-refractivity contribution in [2.24, 2.45) is 21.7 Å². The number of nitrogens with two attached hydrogens (primary N) is 2. The maximum Gasteiger partial charge on any atom is 0.246 e. The van der Waals surface area contributed by atoms with Gasteiger partial charge in [0.2, 0.25) is 17.7 Å². The molecule has 0 aliphatic carbocycles. The fourth-order valence-electron chi connectivity index (χ4n) is 2.10. The van der Waals surface area contributed by atoms with Gasteiger partial charge in [-0.15, -0.1) is 5.10 Å². The highest BCUT2D eigenvalue weighted by molar-refractivity contribution is 5.83. The highest BCUT2D eigenvalue weighted by Crippen LogP contribution is 2.21. The lowest BCUT2D eigenvalue weighted by Gasteiger charge is -2.00. The Morgan fingerprint density at radius 1 is 1.40 bits per heavy atom. The van der Waals surface area contributed by atoms with E-state index in [9.17, 15) is 4.39 Å². The van der Waals surface area contributed by atoms with E-state index in [2.05, 4.69) is 25.3 Å². The summed E-state index contributed by atoms with van der Waals surface area (Å²) < 4.78 is 21.1. The largest absolute Gasteiger partial charge is 0.369 e. The fraction of sp³-hybridized carbons (Fsp3) is 0.133. The Bertz CT molecular complexity index is 939. The zero-order chi connectivity index (χ0) is 17.8. The van der Waals surface area contributed by atoms with Crippen LogP contribution in [0.3, 0.4) is 0 Å². The van der Waals surface area contributed by atoms with Crippen molar-refractivity contribution in [1.82, 2.24) is 19.7 Å². The molecule has 0 spiro atoms. The molecule has 2 aromatic heterocycles. The van der Waals surface area contributed by atoms with Crippen LogP contribution in [0.25, 0.3) is 11.4 Å². The van der Waals surface area contributed by atoms with Crippen molar-refractivity contribution in [3.05, 3.63) is 53.7 Å². The van der Waals surface area contributed by atoms with Crippen LogP contribution in [0.5, 0.6) is 0 Å². The van der Waals surface area contributed by atoms with Gasteiger partial charge in [-0.1, -0.05) is 11.2 Å². The van der Waals surface area contributed by atoms with Crippen LogP contribution >= 0.6 is 0 Å². The Hall–Kier alpha value is -3.56. The highest BCUT2D eigenvalue weighted by atomic mass is 19.1. The average molecular weight is 342 g/mol. The standard InChI is InChI=1S/C15H15FN8O/c1-9-19-4-5-24(9)8-13-21-14(23-25-13)11-6-10(2-3-12(11)16)7-20-22-15(17)18/h2-7H,8H2,1H3,(H4,17,18,22). The van der Waals surface area contributed by atoms with Crippen molar-refractivity contribution in [3.8, 4) is 11.4 Å². The number of imidazole rings is 1. The Morgan fingerprint density at radius 2 is 2.24 bits per heavy atom. The third-order valence-electron chi connectivity index (χ3n) is 3.31. The first-order valence-electron chi connectivity index (χ1n) is 7.25. The van der Waals surface area contributed by atoms with Gasteiger partial charge in [-0.25, -0.2) is 9.37 Å². The lowest BCUT2D eigenvalue weighted by atomic mass is 10.1. The Morgan fingerprint density at radius 3 is 2.96 bits per heavy atom. The minimum Gasteiger partial charge on any atom is -0.369 e. The molecule has 10 heteroatoms. The summed E-state index contributed by atoms with van der Waals surface area (Å²) in [5.74, 6) is 0.641. The molecule has 0 saturated heterocycles. The predicted octanol–water partition coefficient (Wildman–Crippen LogP) is 1.04. The van der Waals surface area contributed by atoms with E-state index in [1.165, 1.54) is 24.4 Å². The molecule has 0 saturated carbocycles. The third kappa shape index (κ3) is 3.86. The second kappa shape index (κ2) is 6.91. The molecule has 0 fully saturated rings. The molecule has 0 radical (unpaired) electrons. The van der Waals surface area contributed by atoms with Crippen LogP contribution < -0.4 is 11.5 Å². The van der Waals surface area contributed by atoms with E-state index in [4.69, 9.17) is 16.0 Å². The van der Waals surface area contributed by atoms with Crippen molar-refractivity contribution in [1.29, 1.82) is 0 Å². The van der Waals surface area contributed by atoms with Crippen LogP contribution in [-0.2, 0) is 6.54 Å². The molecule has 3 aromatic rings. The van der Waals surface area contributed by atoms with E-state index < -0.39 is 5.82 Å². The number of aryl methyl sites for hydroxylation is 1. The number of halogens is 1. The number of nitrogens with zero attached hydrogens (tertiary/aromatic N) is 6. The first-order valence-corrected chi connectivity index (χ1v) is 7.25. The van der Waals surface area contributed by atoms with Crippen molar-refractivity contribution in [2.45, 2.75) is 13.5 Å². The lowest BCUT2D eigenvalue weighted by Crippen LogP contribution is -2.21. The van der Waals surface area contributed by atoms with Crippen LogP contribution in [0, 0.1) is 12.7 Å². The fourth-order valence-corrected chi connectivity index (χ4v) is 2.10. The highest BCUT2D eigenvalue weighted by Gasteiger charge is 2.14. The lowest BCUT2D eigenvalue weighted by molar-refractivity contribution is 0.370. The van der Waals surface area contributed by atoms with Gasteiger partial charge in [-0.05, 0) is 24.6 Å². The molecule has 0 bridgehead atoms. The van der Waals surface area contributed by atoms with Crippen molar-refractivity contribution in [2.75, 3.05) is 0 Å². The molecule has 0 aliphatic rings. The van der Waals surface area contributed by atoms with Gasteiger partial charge in [-0.3, -0.25) is 0 Å². The van der Waals surface area contributed by atoms with Gasteiger partial charge >= 0.3 is 0 Å². The normalized spacial score (nSPS) is 11.1. The minimum absolute atomic E-state index is 0.141. The summed E-state index contributed by atoms with van der Waals surface area (Å²) >= 11 is 0. The van der Waals surface area contributed by atoms with E-state index in [0.717, 1.165) is 5.82 Å². The first-order chi connectivity index (χ1) is 12.0. The number of rotatable bonds is 5. The van der Waals surface area contributed by atoms with E-state index in [1.807, 2.05) is 11.5 Å². The van der Waals surface area contributed by atoms with Crippen LogP contribution in [-0.4, -0.2) is 31.9 Å². The summed E-state index contributed by atoms with van der Waals surface area (Å²) in [6.07, 6.45) is 4.85. The topological polar surface area (TPSA) is 134 Å². The van der Waals surface area contributed by atoms with Gasteiger partial charge in [0.1, 0.15) is 18.2 Å². The summed E-state index contributed by atoms with van der Waals surface area (Å²) in [6, 6.07) is 4.33. The molecule has 2 heterocycles. The second-order valence-electron chi connectivity index (χ2n) is 5.12. The molecule has 1 aromatic carbocycles. The number of benzene rings is 1. The Balaban J connectivity index is 1.85. The van der Waals surface area contributed by atoms with E-state index in [-0.39, 0.29) is 17.3 Å². The van der Waals surface area contributed by atoms with E-state index in [0.29, 0.717) is 18.0 Å². The Labute approximate surface area is 141 Å². The number of hydrogen-bond donors (Lipinski definition) is 2. The van der Waals surface area contributed by atoms with Crippen LogP contribution in [0.4, 0.5) is 4.39 Å². The smallest absolute Gasteiger partial charge is 0.246 e. The number of aromatic nitrogens is 4. The van der Waals surface area contributed by atoms with Crippen LogP contribution in [0.1, 0.15) is 17.3 Å². The van der Waals surface area contributed by atoms with Crippen LogP contribution in [0.15, 0.2) is 45.3 Å². The Kier molecular flexibility index (Phi) is 4.50. The SMILES string of the molecule is Cc1nccn1Cc1nc(-c2cc(C=NN=C(N)N)ccc2F)no1. The van der Waals surface area contributed by atoms with E-state index in [1.54, 1.807) is 12.4 Å². The summed E-state index contributed by atoms with van der Waals surface area (Å²) in [6.45, 7) is 2.21. The number of hydrogen-bond acceptors (Lipinski definition) is 6. The van der Waals surface area contributed by atoms with Gasteiger partial charge in [-0.2, -0.15) is 10.1 Å². The summed E-state index contributed by atoms with van der Waals surface area (Å²) in [4.78, 5) is 8.34. The zero-order valence-electron chi connectivity index (χ0n) is 13.3. The average Bonchev–Trinajstić information content (AvgIpc) is 3.19. The van der Waals surface area contributed by atoms with Gasteiger partial charge in [0.05, 0.1) is 11.8 Å². The van der Waals surface area contributed by atoms with Gasteiger partial charge in [0.15, 0.2) is 0 Å². The van der Waals surface area contributed by atoms with E-state index >= 15 is 0 Å². The minimum atomic E-state index is -0.481. The summed E-state index contributed by atoms with van der Waals surface area (Å²) in [5.41, 5.74) is 11.1. The molecular weight excluding hydrogens is 327 g/mol. The van der Waals surface area contributed by atoms with Gasteiger partial charge < -0.3 is 20.6 Å². The van der Waals surface area contributed by atoms with Crippen molar-refractivity contribution in [3.63, 3.8) is 0 Å². The molecule has 25 heavy (non-hydrogen) atoms. The maximum absolute atomic E-state index is 14.1. The third-order valence-corrected chi connectivity index (χ3v) is 3.31. The molecule has 9 nitrogen and oxygen atoms in total. The number of guanidine groups is 1. The zero-order valence-corrected chi connectivity index (χ0v) is 13.3. The first kappa shape index (κ1) is 16.3. The maximum atomic E-state index is 14.1. The molecule has 0 amide bonds. The predicted molar refractivity (Wildman–Crippen MR) is 89.2 cm³/mol. The molecule has 0 unspecified atom stereocenters. The summed E-state index contributed by atoms with van der Waals surface area (Å²) in [5, 5.41) is 11.0. The molecule has 0 aliphatic heterocycles. The molecule has 3 rings (SSSR count).